The summed E-state index contributed by atoms with van der Waals surface area (Å²) in [5.74, 6) is 1.59. The molecule has 1 aromatic carbocycles. The van der Waals surface area contributed by atoms with Gasteiger partial charge >= 0.3 is 0 Å². The summed E-state index contributed by atoms with van der Waals surface area (Å²) in [4.78, 5) is 4.31. The zero-order valence-corrected chi connectivity index (χ0v) is 10.6. The summed E-state index contributed by atoms with van der Waals surface area (Å²) in [6, 6.07) is 12.0. The maximum atomic E-state index is 5.03. The molecule has 96 valence electrons. The molecule has 0 spiro atoms. The van der Waals surface area contributed by atoms with Crippen LogP contribution in [0.15, 0.2) is 53.3 Å². The second-order valence-corrected chi connectivity index (χ2v) is 4.24. The van der Waals surface area contributed by atoms with Gasteiger partial charge in [-0.05, 0) is 19.1 Å². The molecule has 19 heavy (non-hydrogen) atoms. The van der Waals surface area contributed by atoms with E-state index in [-0.39, 0.29) is 0 Å². The van der Waals surface area contributed by atoms with Gasteiger partial charge in [0.1, 0.15) is 11.5 Å². The van der Waals surface area contributed by atoms with Gasteiger partial charge in [-0.15, -0.1) is 0 Å². The fraction of sp³-hybridized carbons (Fsp3) is 0.143. The van der Waals surface area contributed by atoms with Crippen LogP contribution in [0.3, 0.4) is 0 Å². The molecule has 3 rings (SSSR count). The lowest BCUT2D eigenvalue weighted by Crippen LogP contribution is -2.06. The van der Waals surface area contributed by atoms with E-state index in [9.17, 15) is 0 Å². The van der Waals surface area contributed by atoms with E-state index in [1.165, 1.54) is 0 Å². The topological polar surface area (TPSA) is 55.9 Å². The molecule has 0 atom stereocenters. The van der Waals surface area contributed by atoms with Crippen LogP contribution in [0.2, 0.25) is 0 Å². The lowest BCUT2D eigenvalue weighted by Gasteiger charge is -2.08. The summed E-state index contributed by atoms with van der Waals surface area (Å²) in [6.07, 6.45) is 3.69. The SMILES string of the molecule is Cc1cc(CNc2nccn2-c2ccccc2)no1. The molecule has 5 nitrogen and oxygen atoms in total. The molecule has 0 aliphatic carbocycles. The van der Waals surface area contributed by atoms with E-state index >= 15 is 0 Å². The molecule has 0 fully saturated rings. The number of nitrogens with one attached hydrogen (secondary N) is 1. The van der Waals surface area contributed by atoms with Crippen molar-refractivity contribution in [1.29, 1.82) is 0 Å². The van der Waals surface area contributed by atoms with Crippen molar-refractivity contribution in [2.45, 2.75) is 13.5 Å². The van der Waals surface area contributed by atoms with Crippen molar-refractivity contribution in [3.63, 3.8) is 0 Å². The van der Waals surface area contributed by atoms with Crippen LogP contribution in [0.5, 0.6) is 0 Å². The summed E-state index contributed by atoms with van der Waals surface area (Å²) < 4.78 is 7.03. The monoisotopic (exact) mass is 254 g/mol. The minimum absolute atomic E-state index is 0.585. The number of para-hydroxylation sites is 1. The third-order valence-corrected chi connectivity index (χ3v) is 2.78. The molecule has 0 bridgehead atoms. The Morgan fingerprint density at radius 2 is 2.11 bits per heavy atom. The van der Waals surface area contributed by atoms with Crippen molar-refractivity contribution in [3.05, 3.63) is 60.2 Å². The largest absolute Gasteiger partial charge is 0.361 e. The van der Waals surface area contributed by atoms with Crippen molar-refractivity contribution in [1.82, 2.24) is 14.7 Å². The number of aryl methyl sites for hydroxylation is 1. The molecule has 2 heterocycles. The Hall–Kier alpha value is -2.56. The van der Waals surface area contributed by atoms with Crippen LogP contribution in [-0.4, -0.2) is 14.7 Å². The van der Waals surface area contributed by atoms with Gasteiger partial charge in [0.15, 0.2) is 0 Å². The van der Waals surface area contributed by atoms with Gasteiger partial charge in [0.25, 0.3) is 0 Å². The van der Waals surface area contributed by atoms with E-state index in [1.807, 2.05) is 54.1 Å². The highest BCUT2D eigenvalue weighted by molar-refractivity contribution is 5.41. The molecule has 0 radical (unpaired) electrons. The van der Waals surface area contributed by atoms with Gasteiger partial charge in [0, 0.05) is 24.1 Å². The van der Waals surface area contributed by atoms with E-state index in [2.05, 4.69) is 15.5 Å². The summed E-state index contributed by atoms with van der Waals surface area (Å²) in [5, 5.41) is 7.19. The molecule has 0 aliphatic rings. The highest BCUT2D eigenvalue weighted by atomic mass is 16.5. The molecule has 2 aromatic heterocycles. The van der Waals surface area contributed by atoms with Crippen LogP contribution in [0, 0.1) is 6.92 Å². The van der Waals surface area contributed by atoms with Crippen LogP contribution in [-0.2, 0) is 6.54 Å². The second-order valence-electron chi connectivity index (χ2n) is 4.24. The van der Waals surface area contributed by atoms with Gasteiger partial charge < -0.3 is 9.84 Å². The summed E-state index contributed by atoms with van der Waals surface area (Å²) in [7, 11) is 0. The van der Waals surface area contributed by atoms with E-state index in [4.69, 9.17) is 4.52 Å². The van der Waals surface area contributed by atoms with Crippen molar-refractivity contribution >= 4 is 5.95 Å². The lowest BCUT2D eigenvalue weighted by atomic mass is 10.3. The van der Waals surface area contributed by atoms with Crippen LogP contribution >= 0.6 is 0 Å². The first-order chi connectivity index (χ1) is 9.33. The van der Waals surface area contributed by atoms with Gasteiger partial charge in [-0.25, -0.2) is 4.98 Å². The van der Waals surface area contributed by atoms with Crippen LogP contribution < -0.4 is 5.32 Å². The number of anilines is 1. The zero-order valence-electron chi connectivity index (χ0n) is 10.6. The first kappa shape index (κ1) is 11.5. The summed E-state index contributed by atoms with van der Waals surface area (Å²) >= 11 is 0. The predicted molar refractivity (Wildman–Crippen MR) is 72.1 cm³/mol. The molecule has 1 N–H and O–H groups in total. The fourth-order valence-corrected chi connectivity index (χ4v) is 1.90. The average molecular weight is 254 g/mol. The third-order valence-electron chi connectivity index (χ3n) is 2.78. The van der Waals surface area contributed by atoms with E-state index < -0.39 is 0 Å². The van der Waals surface area contributed by atoms with E-state index in [0.29, 0.717) is 6.54 Å². The second kappa shape index (κ2) is 4.97. The number of hydrogen-bond donors (Lipinski definition) is 1. The van der Waals surface area contributed by atoms with Gasteiger partial charge in [-0.1, -0.05) is 23.4 Å². The Balaban J connectivity index is 1.77. The van der Waals surface area contributed by atoms with Crippen LogP contribution in [0.4, 0.5) is 5.95 Å². The van der Waals surface area contributed by atoms with Gasteiger partial charge in [-0.2, -0.15) is 0 Å². The van der Waals surface area contributed by atoms with Crippen molar-refractivity contribution in [2.24, 2.45) is 0 Å². The summed E-state index contributed by atoms with van der Waals surface area (Å²) in [6.45, 7) is 2.46. The molecular weight excluding hydrogens is 240 g/mol. The predicted octanol–water partition coefficient (Wildman–Crippen LogP) is 2.78. The number of hydrogen-bond acceptors (Lipinski definition) is 4. The third kappa shape index (κ3) is 2.49. The Bertz CT molecular complexity index is 657. The van der Waals surface area contributed by atoms with E-state index in [1.54, 1.807) is 6.20 Å². The minimum Gasteiger partial charge on any atom is -0.361 e. The normalized spacial score (nSPS) is 10.6. The standard InChI is InChI=1S/C14H14N4O/c1-11-9-12(17-19-11)10-16-14-15-7-8-18(14)13-5-3-2-4-6-13/h2-9H,10H2,1H3,(H,15,16). The molecule has 0 aliphatic heterocycles. The first-order valence-electron chi connectivity index (χ1n) is 6.08. The first-order valence-corrected chi connectivity index (χ1v) is 6.08. The number of nitrogens with zero attached hydrogens (tertiary/aromatic N) is 3. The minimum atomic E-state index is 0.585. The van der Waals surface area contributed by atoms with Crippen LogP contribution in [0.25, 0.3) is 5.69 Å². The number of rotatable bonds is 4. The quantitative estimate of drug-likeness (QED) is 0.777. The Morgan fingerprint density at radius 1 is 1.26 bits per heavy atom. The average Bonchev–Trinajstić information content (AvgIpc) is 3.06. The molecule has 0 unspecified atom stereocenters. The molecule has 3 aromatic rings. The van der Waals surface area contributed by atoms with Crippen molar-refractivity contribution < 1.29 is 4.52 Å². The van der Waals surface area contributed by atoms with Crippen LogP contribution in [0.1, 0.15) is 11.5 Å². The Kier molecular flexibility index (Phi) is 3.02. The Morgan fingerprint density at radius 3 is 2.84 bits per heavy atom. The smallest absolute Gasteiger partial charge is 0.207 e. The van der Waals surface area contributed by atoms with Crippen molar-refractivity contribution in [3.8, 4) is 5.69 Å². The molecule has 0 saturated heterocycles. The highest BCUT2D eigenvalue weighted by Gasteiger charge is 2.05. The molecule has 0 saturated carbocycles. The van der Waals surface area contributed by atoms with Gasteiger partial charge in [0.2, 0.25) is 5.95 Å². The van der Waals surface area contributed by atoms with Gasteiger partial charge in [0.05, 0.1) is 6.54 Å². The zero-order chi connectivity index (χ0) is 13.1. The molecule has 0 amide bonds. The van der Waals surface area contributed by atoms with Crippen molar-refractivity contribution in [2.75, 3.05) is 5.32 Å². The Labute approximate surface area is 110 Å². The molecular formula is C14H14N4O. The highest BCUT2D eigenvalue weighted by Crippen LogP contribution is 2.14. The maximum absolute atomic E-state index is 5.03. The number of benzene rings is 1. The van der Waals surface area contributed by atoms with E-state index in [0.717, 1.165) is 23.1 Å². The maximum Gasteiger partial charge on any atom is 0.207 e. The summed E-state index contributed by atoms with van der Waals surface area (Å²) in [5.41, 5.74) is 1.93. The number of imidazole rings is 1. The number of aromatic nitrogens is 3. The fourth-order valence-electron chi connectivity index (χ4n) is 1.90. The molecule has 5 heteroatoms. The lowest BCUT2D eigenvalue weighted by molar-refractivity contribution is 0.391. The van der Waals surface area contributed by atoms with Gasteiger partial charge in [-0.3, -0.25) is 4.57 Å².